The summed E-state index contributed by atoms with van der Waals surface area (Å²) < 4.78 is 14.5. The minimum absolute atomic E-state index is 0.285. The van der Waals surface area contributed by atoms with Crippen molar-refractivity contribution in [3.63, 3.8) is 0 Å². The first-order valence-corrected chi connectivity index (χ1v) is 9.58. The molecule has 1 aromatic heterocycles. The molecule has 0 bridgehead atoms. The van der Waals surface area contributed by atoms with E-state index in [1.807, 2.05) is 36.4 Å². The standard InChI is InChI=1S/C24H25FN2O/c1-3-7-18-10-13-22-23(14-18)26-16-24(27-22)20-12-11-19(21(25)15-20)9-6-4-5-8-17(2)28/h3,6,9-17,28H,1,4-5,7-8H2,2H3/b9-6+. The lowest BCUT2D eigenvalue weighted by atomic mass is 10.1. The zero-order valence-corrected chi connectivity index (χ0v) is 16.1. The normalized spacial score (nSPS) is 12.5. The number of hydrogen-bond acceptors (Lipinski definition) is 3. The second-order valence-corrected chi connectivity index (χ2v) is 6.99. The lowest BCUT2D eigenvalue weighted by molar-refractivity contribution is 0.182. The Morgan fingerprint density at radius 3 is 2.79 bits per heavy atom. The molecule has 1 atom stereocenters. The molecule has 0 spiro atoms. The molecule has 3 nitrogen and oxygen atoms in total. The number of aliphatic hydroxyl groups is 1. The van der Waals surface area contributed by atoms with Crippen molar-refractivity contribution in [2.45, 2.75) is 38.7 Å². The van der Waals surface area contributed by atoms with Crippen LogP contribution in [-0.2, 0) is 6.42 Å². The summed E-state index contributed by atoms with van der Waals surface area (Å²) in [5.41, 5.74) is 4.64. The van der Waals surface area contributed by atoms with Crippen molar-refractivity contribution >= 4 is 17.1 Å². The molecule has 0 fully saturated rings. The van der Waals surface area contributed by atoms with Crippen molar-refractivity contribution in [3.05, 3.63) is 78.3 Å². The molecule has 0 aliphatic heterocycles. The number of fused-ring (bicyclic) bond motifs is 1. The smallest absolute Gasteiger partial charge is 0.131 e. The van der Waals surface area contributed by atoms with Gasteiger partial charge in [0.2, 0.25) is 0 Å². The molecule has 1 heterocycles. The van der Waals surface area contributed by atoms with E-state index in [4.69, 9.17) is 0 Å². The predicted octanol–water partition coefficient (Wildman–Crippen LogP) is 5.73. The van der Waals surface area contributed by atoms with Crippen LogP contribution in [0.1, 0.15) is 37.3 Å². The molecule has 28 heavy (non-hydrogen) atoms. The van der Waals surface area contributed by atoms with Crippen LogP contribution in [0.3, 0.4) is 0 Å². The molecule has 0 saturated carbocycles. The highest BCUT2D eigenvalue weighted by Gasteiger charge is 2.07. The first-order chi connectivity index (χ1) is 13.6. The van der Waals surface area contributed by atoms with Crippen LogP contribution in [0.5, 0.6) is 0 Å². The van der Waals surface area contributed by atoms with Crippen LogP contribution >= 0.6 is 0 Å². The van der Waals surface area contributed by atoms with Gasteiger partial charge in [0.25, 0.3) is 0 Å². The Bertz CT molecular complexity index is 995. The Hall–Kier alpha value is -2.85. The lowest BCUT2D eigenvalue weighted by Crippen LogP contribution is -1.97. The van der Waals surface area contributed by atoms with Crippen LogP contribution in [0.4, 0.5) is 4.39 Å². The van der Waals surface area contributed by atoms with Gasteiger partial charge in [-0.3, -0.25) is 4.98 Å². The van der Waals surface area contributed by atoms with E-state index in [0.717, 1.165) is 42.3 Å². The molecule has 0 amide bonds. The molecule has 3 aromatic rings. The first kappa shape index (κ1) is 19.9. The predicted molar refractivity (Wildman–Crippen MR) is 113 cm³/mol. The maximum Gasteiger partial charge on any atom is 0.131 e. The second kappa shape index (κ2) is 9.38. The summed E-state index contributed by atoms with van der Waals surface area (Å²) in [6, 6.07) is 11.1. The summed E-state index contributed by atoms with van der Waals surface area (Å²) in [6.45, 7) is 5.53. The van der Waals surface area contributed by atoms with Gasteiger partial charge in [-0.05, 0) is 56.4 Å². The molecule has 3 rings (SSSR count). The Balaban J connectivity index is 1.76. The van der Waals surface area contributed by atoms with E-state index in [1.165, 1.54) is 6.07 Å². The lowest BCUT2D eigenvalue weighted by Gasteiger charge is -2.06. The van der Waals surface area contributed by atoms with E-state index < -0.39 is 0 Å². The third-order valence-electron chi connectivity index (χ3n) is 4.57. The fraction of sp³-hybridized carbons (Fsp3) is 0.250. The summed E-state index contributed by atoms with van der Waals surface area (Å²) in [7, 11) is 0. The van der Waals surface area contributed by atoms with Gasteiger partial charge < -0.3 is 5.11 Å². The van der Waals surface area contributed by atoms with Gasteiger partial charge in [-0.15, -0.1) is 6.58 Å². The van der Waals surface area contributed by atoms with Gasteiger partial charge in [-0.25, -0.2) is 9.37 Å². The molecule has 0 saturated heterocycles. The van der Waals surface area contributed by atoms with E-state index in [9.17, 15) is 9.50 Å². The van der Waals surface area contributed by atoms with E-state index >= 15 is 0 Å². The van der Waals surface area contributed by atoms with Crippen molar-refractivity contribution < 1.29 is 9.50 Å². The average molecular weight is 376 g/mol. The topological polar surface area (TPSA) is 46.0 Å². The fourth-order valence-electron chi connectivity index (χ4n) is 3.05. The third kappa shape index (κ3) is 5.11. The second-order valence-electron chi connectivity index (χ2n) is 6.99. The van der Waals surface area contributed by atoms with E-state index in [1.54, 1.807) is 25.3 Å². The first-order valence-electron chi connectivity index (χ1n) is 9.58. The fourth-order valence-corrected chi connectivity index (χ4v) is 3.05. The summed E-state index contributed by atoms with van der Waals surface area (Å²) >= 11 is 0. The molecule has 1 N–H and O–H groups in total. The number of allylic oxidation sites excluding steroid dienone is 2. The number of benzene rings is 2. The monoisotopic (exact) mass is 376 g/mol. The Morgan fingerprint density at radius 1 is 1.18 bits per heavy atom. The number of rotatable bonds is 8. The molecule has 1 unspecified atom stereocenters. The maximum absolute atomic E-state index is 14.5. The highest BCUT2D eigenvalue weighted by Crippen LogP contribution is 2.23. The minimum Gasteiger partial charge on any atom is -0.393 e. The Morgan fingerprint density at radius 2 is 2.04 bits per heavy atom. The summed E-state index contributed by atoms with van der Waals surface area (Å²) in [6.07, 6.45) is 10.2. The number of halogens is 1. The number of aromatic nitrogens is 2. The summed E-state index contributed by atoms with van der Waals surface area (Å²) in [4.78, 5) is 9.11. The number of hydrogen-bond donors (Lipinski definition) is 1. The average Bonchev–Trinajstić information content (AvgIpc) is 2.68. The van der Waals surface area contributed by atoms with Crippen LogP contribution in [-0.4, -0.2) is 21.2 Å². The van der Waals surface area contributed by atoms with Crippen LogP contribution in [0.2, 0.25) is 0 Å². The maximum atomic E-state index is 14.5. The van der Waals surface area contributed by atoms with E-state index in [2.05, 4.69) is 16.5 Å². The number of unbranched alkanes of at least 4 members (excludes halogenated alkanes) is 1. The minimum atomic E-state index is -0.291. The molecule has 0 aliphatic rings. The van der Waals surface area contributed by atoms with Crippen LogP contribution in [0.15, 0.2) is 61.3 Å². The van der Waals surface area contributed by atoms with Crippen LogP contribution < -0.4 is 0 Å². The molecule has 144 valence electrons. The Labute approximate surface area is 165 Å². The van der Waals surface area contributed by atoms with Gasteiger partial charge >= 0.3 is 0 Å². The van der Waals surface area contributed by atoms with Gasteiger partial charge in [0, 0.05) is 11.1 Å². The zero-order valence-electron chi connectivity index (χ0n) is 16.1. The van der Waals surface area contributed by atoms with Crippen molar-refractivity contribution in [2.24, 2.45) is 0 Å². The van der Waals surface area contributed by atoms with Crippen LogP contribution in [0.25, 0.3) is 28.4 Å². The van der Waals surface area contributed by atoms with E-state index in [-0.39, 0.29) is 11.9 Å². The van der Waals surface area contributed by atoms with Gasteiger partial charge in [-0.1, -0.05) is 36.4 Å². The molecule has 4 heteroatoms. The van der Waals surface area contributed by atoms with Crippen LogP contribution in [0, 0.1) is 5.82 Å². The number of aliphatic hydroxyl groups excluding tert-OH is 1. The van der Waals surface area contributed by atoms with E-state index in [0.29, 0.717) is 16.8 Å². The summed E-state index contributed by atoms with van der Waals surface area (Å²) in [5, 5.41) is 9.26. The van der Waals surface area contributed by atoms with Gasteiger partial charge in [0.1, 0.15) is 5.82 Å². The third-order valence-corrected chi connectivity index (χ3v) is 4.57. The molecule has 2 aromatic carbocycles. The molecular weight excluding hydrogens is 351 g/mol. The molecule has 0 radical (unpaired) electrons. The van der Waals surface area contributed by atoms with Crippen molar-refractivity contribution in [3.8, 4) is 11.3 Å². The quantitative estimate of drug-likeness (QED) is 0.403. The summed E-state index contributed by atoms with van der Waals surface area (Å²) in [5.74, 6) is -0.285. The van der Waals surface area contributed by atoms with Gasteiger partial charge in [-0.2, -0.15) is 0 Å². The molecular formula is C24H25FN2O. The zero-order chi connectivity index (χ0) is 19.9. The van der Waals surface area contributed by atoms with Crippen molar-refractivity contribution in [2.75, 3.05) is 0 Å². The largest absolute Gasteiger partial charge is 0.393 e. The highest BCUT2D eigenvalue weighted by atomic mass is 19.1. The van der Waals surface area contributed by atoms with Crippen molar-refractivity contribution in [1.82, 2.24) is 9.97 Å². The van der Waals surface area contributed by atoms with Crippen molar-refractivity contribution in [1.29, 1.82) is 0 Å². The molecule has 0 aliphatic carbocycles. The Kier molecular flexibility index (Phi) is 6.66. The SMILES string of the molecule is C=CCc1ccc2nc(-c3ccc(/C=C/CCCC(C)O)c(F)c3)cnc2c1. The van der Waals surface area contributed by atoms with Gasteiger partial charge in [0.05, 0.1) is 29.0 Å². The highest BCUT2D eigenvalue weighted by molar-refractivity contribution is 5.78. The number of nitrogens with zero attached hydrogens (tertiary/aromatic N) is 2. The van der Waals surface area contributed by atoms with Gasteiger partial charge in [0.15, 0.2) is 0 Å².